The summed E-state index contributed by atoms with van der Waals surface area (Å²) < 4.78 is 0. The number of ketones is 1. The molecule has 2 aromatic rings. The topological polar surface area (TPSA) is 62.3 Å². The van der Waals surface area contributed by atoms with Gasteiger partial charge < -0.3 is 10.2 Å². The second-order valence-electron chi connectivity index (χ2n) is 8.98. The lowest BCUT2D eigenvalue weighted by atomic mass is 9.92. The van der Waals surface area contributed by atoms with Crippen molar-refractivity contribution in [1.82, 2.24) is 10.3 Å². The quantitative estimate of drug-likeness (QED) is 0.729. The Balaban J connectivity index is 1.26. The molecule has 1 N–H and O–H groups in total. The molecule has 1 amide bonds. The molecule has 156 valence electrons. The van der Waals surface area contributed by atoms with Crippen LogP contribution in [-0.2, 0) is 10.2 Å². The van der Waals surface area contributed by atoms with E-state index in [1.165, 1.54) is 0 Å². The van der Waals surface area contributed by atoms with E-state index in [1.807, 2.05) is 36.4 Å². The third kappa shape index (κ3) is 3.39. The molecular weight excluding hydrogens is 398 g/mol. The number of nitrogens with zero attached hydrogens (tertiary/aromatic N) is 2. The Morgan fingerprint density at radius 1 is 1.07 bits per heavy atom. The number of carbonyl (C=O) groups excluding carboxylic acids is 2. The summed E-state index contributed by atoms with van der Waals surface area (Å²) in [4.78, 5) is 31.6. The predicted octanol–water partition coefficient (Wildman–Crippen LogP) is 4.29. The van der Waals surface area contributed by atoms with Crippen LogP contribution in [0.25, 0.3) is 0 Å². The van der Waals surface area contributed by atoms with Crippen molar-refractivity contribution in [2.45, 2.75) is 69.0 Å². The van der Waals surface area contributed by atoms with Crippen LogP contribution in [0.2, 0.25) is 5.02 Å². The van der Waals surface area contributed by atoms with Gasteiger partial charge in [-0.25, -0.2) is 4.98 Å². The first-order valence-corrected chi connectivity index (χ1v) is 11.2. The van der Waals surface area contributed by atoms with Gasteiger partial charge in [-0.2, -0.15) is 0 Å². The highest BCUT2D eigenvalue weighted by atomic mass is 35.5. The monoisotopic (exact) mass is 423 g/mol. The second-order valence-corrected chi connectivity index (χ2v) is 9.42. The van der Waals surface area contributed by atoms with Gasteiger partial charge in [-0.3, -0.25) is 9.59 Å². The Morgan fingerprint density at radius 3 is 2.27 bits per heavy atom. The number of Topliss-reactive ketones (excluding diaryl/α,β-unsaturated/α-hetero) is 1. The minimum Gasteiger partial charge on any atom is -0.352 e. The van der Waals surface area contributed by atoms with Crippen molar-refractivity contribution in [1.29, 1.82) is 0 Å². The van der Waals surface area contributed by atoms with Gasteiger partial charge in [0.1, 0.15) is 5.82 Å². The summed E-state index contributed by atoms with van der Waals surface area (Å²) in [7, 11) is 0. The highest BCUT2D eigenvalue weighted by Crippen LogP contribution is 2.49. The van der Waals surface area contributed by atoms with Crippen LogP contribution in [-0.4, -0.2) is 34.8 Å². The van der Waals surface area contributed by atoms with Crippen LogP contribution in [0, 0.1) is 0 Å². The number of fused-ring (bicyclic) bond motifs is 2. The average Bonchev–Trinajstić information content (AvgIpc) is 3.50. The molecule has 0 spiro atoms. The van der Waals surface area contributed by atoms with E-state index in [-0.39, 0.29) is 23.1 Å². The maximum Gasteiger partial charge on any atom is 0.230 e. The number of amides is 1. The van der Waals surface area contributed by atoms with E-state index in [0.29, 0.717) is 22.7 Å². The Kier molecular flexibility index (Phi) is 4.81. The second kappa shape index (κ2) is 7.38. The molecule has 3 heterocycles. The molecule has 1 aromatic heterocycles. The molecule has 2 bridgehead atoms. The molecule has 1 aromatic carbocycles. The molecule has 1 saturated carbocycles. The average molecular weight is 424 g/mol. The van der Waals surface area contributed by atoms with E-state index in [2.05, 4.69) is 15.2 Å². The molecule has 1 aliphatic carbocycles. The van der Waals surface area contributed by atoms with Crippen LogP contribution in [0.3, 0.4) is 0 Å². The first-order valence-electron chi connectivity index (χ1n) is 10.8. The summed E-state index contributed by atoms with van der Waals surface area (Å²) in [6, 6.07) is 12.5. The Bertz CT molecular complexity index is 955. The fourth-order valence-electron chi connectivity index (χ4n) is 5.28. The van der Waals surface area contributed by atoms with Crippen molar-refractivity contribution in [3.8, 4) is 0 Å². The number of hydrogen-bond donors (Lipinski definition) is 1. The van der Waals surface area contributed by atoms with Crippen molar-refractivity contribution in [2.75, 3.05) is 4.90 Å². The standard InChI is InChI=1S/C24H26ClN3O2/c1-15(29)16-2-9-22(26-14-16)28-20-7-8-21(28)13-19(12-20)27-23(30)24(10-11-24)17-3-5-18(25)6-4-17/h2-6,9,14,19-21H,7-8,10-13H2,1H3,(H,27,30)/t19-,20+,21-. The van der Waals surface area contributed by atoms with Crippen molar-refractivity contribution in [3.05, 3.63) is 58.7 Å². The largest absolute Gasteiger partial charge is 0.352 e. The molecule has 5 rings (SSSR count). The number of nitrogens with one attached hydrogen (secondary N) is 1. The number of piperidine rings is 1. The summed E-state index contributed by atoms with van der Waals surface area (Å²) >= 11 is 6.02. The zero-order valence-electron chi connectivity index (χ0n) is 17.1. The van der Waals surface area contributed by atoms with E-state index in [0.717, 1.165) is 49.9 Å². The zero-order chi connectivity index (χ0) is 20.9. The van der Waals surface area contributed by atoms with Gasteiger partial charge in [0.15, 0.2) is 5.78 Å². The lowest BCUT2D eigenvalue weighted by Crippen LogP contribution is -2.52. The van der Waals surface area contributed by atoms with Crippen LogP contribution in [0.5, 0.6) is 0 Å². The van der Waals surface area contributed by atoms with Crippen LogP contribution < -0.4 is 10.2 Å². The van der Waals surface area contributed by atoms with Crippen LogP contribution >= 0.6 is 11.6 Å². The Labute approximate surface area is 181 Å². The number of pyridine rings is 1. The molecule has 6 heteroatoms. The van der Waals surface area contributed by atoms with Gasteiger partial charge in [-0.05, 0) is 75.3 Å². The van der Waals surface area contributed by atoms with Gasteiger partial charge >= 0.3 is 0 Å². The first-order chi connectivity index (χ1) is 14.5. The van der Waals surface area contributed by atoms with Gasteiger partial charge in [0.05, 0.1) is 5.41 Å². The van der Waals surface area contributed by atoms with Gasteiger partial charge in [0, 0.05) is 34.9 Å². The normalized spacial score (nSPS) is 26.3. The third-order valence-electron chi connectivity index (χ3n) is 7.07. The minimum absolute atomic E-state index is 0.0353. The third-order valence-corrected chi connectivity index (χ3v) is 7.32. The fourth-order valence-corrected chi connectivity index (χ4v) is 5.41. The molecule has 3 atom stereocenters. The van der Waals surface area contributed by atoms with Crippen molar-refractivity contribution in [3.63, 3.8) is 0 Å². The molecule has 0 radical (unpaired) electrons. The molecule has 2 saturated heterocycles. The summed E-state index contributed by atoms with van der Waals surface area (Å²) in [5, 5.41) is 4.07. The van der Waals surface area contributed by atoms with E-state index >= 15 is 0 Å². The summed E-state index contributed by atoms with van der Waals surface area (Å²) in [5.74, 6) is 1.14. The van der Waals surface area contributed by atoms with Crippen LogP contribution in [0.1, 0.15) is 61.4 Å². The summed E-state index contributed by atoms with van der Waals surface area (Å²) in [6.45, 7) is 1.56. The number of carbonyl (C=O) groups is 2. The predicted molar refractivity (Wildman–Crippen MR) is 117 cm³/mol. The van der Waals surface area contributed by atoms with Crippen LogP contribution in [0.15, 0.2) is 42.6 Å². The SMILES string of the molecule is CC(=O)c1ccc(N2[C@@H]3CC[C@H]2C[C@@H](NC(=O)C2(c4ccc(Cl)cc4)CC2)C3)nc1. The van der Waals surface area contributed by atoms with Crippen LogP contribution in [0.4, 0.5) is 5.82 Å². The number of aromatic nitrogens is 1. The number of hydrogen-bond acceptors (Lipinski definition) is 4. The molecular formula is C24H26ClN3O2. The number of benzene rings is 1. The summed E-state index contributed by atoms with van der Waals surface area (Å²) in [6.07, 6.45) is 7.60. The first kappa shape index (κ1) is 19.6. The maximum absolute atomic E-state index is 13.2. The Morgan fingerprint density at radius 2 is 1.73 bits per heavy atom. The van der Waals surface area contributed by atoms with E-state index < -0.39 is 0 Å². The lowest BCUT2D eigenvalue weighted by molar-refractivity contribution is -0.124. The van der Waals surface area contributed by atoms with Gasteiger partial charge in [0.25, 0.3) is 0 Å². The van der Waals surface area contributed by atoms with E-state index in [1.54, 1.807) is 13.1 Å². The molecule has 30 heavy (non-hydrogen) atoms. The molecule has 5 nitrogen and oxygen atoms in total. The van der Waals surface area contributed by atoms with E-state index in [9.17, 15) is 9.59 Å². The minimum atomic E-state index is -0.370. The van der Waals surface area contributed by atoms with Gasteiger partial charge in [-0.1, -0.05) is 23.7 Å². The van der Waals surface area contributed by atoms with Crippen molar-refractivity contribution < 1.29 is 9.59 Å². The lowest BCUT2D eigenvalue weighted by Gasteiger charge is -2.40. The number of halogens is 1. The fraction of sp³-hybridized carbons (Fsp3) is 0.458. The Hall–Kier alpha value is -2.40. The smallest absolute Gasteiger partial charge is 0.230 e. The number of anilines is 1. The molecule has 3 aliphatic rings. The van der Waals surface area contributed by atoms with Crippen molar-refractivity contribution in [2.24, 2.45) is 0 Å². The highest BCUT2D eigenvalue weighted by molar-refractivity contribution is 6.30. The van der Waals surface area contributed by atoms with Crippen molar-refractivity contribution >= 4 is 29.1 Å². The van der Waals surface area contributed by atoms with Gasteiger partial charge in [0.2, 0.25) is 5.91 Å². The molecule has 0 unspecified atom stereocenters. The zero-order valence-corrected chi connectivity index (χ0v) is 17.9. The number of rotatable bonds is 5. The molecule has 2 aliphatic heterocycles. The van der Waals surface area contributed by atoms with Gasteiger partial charge in [-0.15, -0.1) is 0 Å². The highest BCUT2D eigenvalue weighted by Gasteiger charge is 2.52. The molecule has 3 fully saturated rings. The van der Waals surface area contributed by atoms with E-state index in [4.69, 9.17) is 11.6 Å². The maximum atomic E-state index is 13.2. The summed E-state index contributed by atoms with van der Waals surface area (Å²) in [5.41, 5.74) is 1.34.